The van der Waals surface area contributed by atoms with Gasteiger partial charge in [-0.1, -0.05) is 24.3 Å². The van der Waals surface area contributed by atoms with E-state index in [-0.39, 0.29) is 6.61 Å². The molecule has 1 heterocycles. The number of ether oxygens (including phenoxy) is 1. The van der Waals surface area contributed by atoms with Crippen molar-refractivity contribution in [1.82, 2.24) is 15.2 Å². The number of hydrogen-bond acceptors (Lipinski definition) is 4. The number of halogens is 3. The molecule has 27 heavy (non-hydrogen) atoms. The SMILES string of the molecule is CN=C(NCc1ccc(COCC(F)(F)F)cc1)N(C)Cc1csc(C)n1. The zero-order chi connectivity index (χ0) is 19.9. The van der Waals surface area contributed by atoms with E-state index in [1.54, 1.807) is 30.5 Å². The van der Waals surface area contributed by atoms with E-state index in [2.05, 4.69) is 20.0 Å². The number of guanidine groups is 1. The van der Waals surface area contributed by atoms with Gasteiger partial charge in [-0.15, -0.1) is 11.3 Å². The first kappa shape index (κ1) is 21.2. The minimum Gasteiger partial charge on any atom is -0.367 e. The van der Waals surface area contributed by atoms with Crippen molar-refractivity contribution in [3.8, 4) is 0 Å². The predicted octanol–water partition coefficient (Wildman–Crippen LogP) is 3.74. The number of hydrogen-bond donors (Lipinski definition) is 1. The van der Waals surface area contributed by atoms with E-state index in [4.69, 9.17) is 0 Å². The van der Waals surface area contributed by atoms with Gasteiger partial charge in [-0.2, -0.15) is 13.2 Å². The number of rotatable bonds is 7. The Kier molecular flexibility index (Phi) is 7.61. The van der Waals surface area contributed by atoms with Crippen LogP contribution in [0.1, 0.15) is 21.8 Å². The Morgan fingerprint density at radius 1 is 1.26 bits per heavy atom. The monoisotopic (exact) mass is 400 g/mol. The summed E-state index contributed by atoms with van der Waals surface area (Å²) in [6.07, 6.45) is -4.30. The van der Waals surface area contributed by atoms with Gasteiger partial charge in [0.15, 0.2) is 5.96 Å². The molecule has 0 spiro atoms. The number of aryl methyl sites for hydroxylation is 1. The van der Waals surface area contributed by atoms with E-state index in [0.717, 1.165) is 22.2 Å². The Bertz CT molecular complexity index is 744. The van der Waals surface area contributed by atoms with Crippen molar-refractivity contribution >= 4 is 17.3 Å². The molecule has 0 bridgehead atoms. The van der Waals surface area contributed by atoms with Gasteiger partial charge < -0.3 is 15.0 Å². The Hall–Kier alpha value is -2.13. The molecule has 1 aromatic carbocycles. The fraction of sp³-hybridized carbons (Fsp3) is 0.444. The van der Waals surface area contributed by atoms with Crippen LogP contribution in [0.2, 0.25) is 0 Å². The van der Waals surface area contributed by atoms with E-state index in [1.807, 2.05) is 36.4 Å². The third-order valence-corrected chi connectivity index (χ3v) is 4.47. The molecule has 0 atom stereocenters. The highest BCUT2D eigenvalue weighted by Crippen LogP contribution is 2.16. The molecule has 0 radical (unpaired) electrons. The lowest BCUT2D eigenvalue weighted by atomic mass is 10.1. The highest BCUT2D eigenvalue weighted by molar-refractivity contribution is 7.09. The molecule has 0 saturated heterocycles. The van der Waals surface area contributed by atoms with Crippen molar-refractivity contribution in [1.29, 1.82) is 0 Å². The number of thiazole rings is 1. The van der Waals surface area contributed by atoms with E-state index in [1.165, 1.54) is 0 Å². The Morgan fingerprint density at radius 3 is 2.48 bits per heavy atom. The van der Waals surface area contributed by atoms with Gasteiger partial charge in [0, 0.05) is 26.0 Å². The minimum absolute atomic E-state index is 0.0648. The topological polar surface area (TPSA) is 49.8 Å². The Morgan fingerprint density at radius 2 is 1.93 bits per heavy atom. The van der Waals surface area contributed by atoms with E-state index < -0.39 is 12.8 Å². The fourth-order valence-electron chi connectivity index (χ4n) is 2.40. The number of benzene rings is 1. The first-order valence-corrected chi connectivity index (χ1v) is 9.20. The van der Waals surface area contributed by atoms with Crippen LogP contribution in [-0.4, -0.2) is 42.7 Å². The van der Waals surface area contributed by atoms with Crippen LogP contribution >= 0.6 is 11.3 Å². The molecular formula is C18H23F3N4OS. The minimum atomic E-state index is -4.30. The molecule has 1 aromatic heterocycles. The number of aliphatic imine (C=N–C) groups is 1. The van der Waals surface area contributed by atoms with Gasteiger partial charge in [0.2, 0.25) is 0 Å². The van der Waals surface area contributed by atoms with Gasteiger partial charge >= 0.3 is 6.18 Å². The van der Waals surface area contributed by atoms with Crippen LogP contribution in [0.15, 0.2) is 34.6 Å². The molecule has 148 valence electrons. The second-order valence-electron chi connectivity index (χ2n) is 6.04. The van der Waals surface area contributed by atoms with Crippen molar-refractivity contribution in [2.24, 2.45) is 4.99 Å². The maximum Gasteiger partial charge on any atom is 0.411 e. The molecule has 0 aliphatic heterocycles. The van der Waals surface area contributed by atoms with Crippen LogP contribution < -0.4 is 5.32 Å². The summed E-state index contributed by atoms with van der Waals surface area (Å²) < 4.78 is 40.9. The second-order valence-corrected chi connectivity index (χ2v) is 7.10. The van der Waals surface area contributed by atoms with E-state index in [0.29, 0.717) is 18.7 Å². The summed E-state index contributed by atoms with van der Waals surface area (Å²) in [7, 11) is 3.65. The largest absolute Gasteiger partial charge is 0.411 e. The highest BCUT2D eigenvalue weighted by Gasteiger charge is 2.27. The van der Waals surface area contributed by atoms with Gasteiger partial charge in [0.1, 0.15) is 6.61 Å². The molecule has 0 saturated carbocycles. The molecule has 0 fully saturated rings. The van der Waals surface area contributed by atoms with Crippen molar-refractivity contribution in [2.45, 2.75) is 32.8 Å². The first-order chi connectivity index (χ1) is 12.8. The lowest BCUT2D eigenvalue weighted by Crippen LogP contribution is -2.38. The molecule has 1 N–H and O–H groups in total. The normalized spacial score (nSPS) is 12.3. The van der Waals surface area contributed by atoms with Crippen molar-refractivity contribution < 1.29 is 17.9 Å². The summed E-state index contributed by atoms with van der Waals surface area (Å²) >= 11 is 1.61. The molecule has 0 unspecified atom stereocenters. The summed E-state index contributed by atoms with van der Waals surface area (Å²) in [5.74, 6) is 0.734. The molecular weight excluding hydrogens is 377 g/mol. The van der Waals surface area contributed by atoms with Gasteiger partial charge in [-0.3, -0.25) is 4.99 Å². The summed E-state index contributed by atoms with van der Waals surface area (Å²) in [6.45, 7) is 1.87. The average molecular weight is 400 g/mol. The van der Waals surface area contributed by atoms with Crippen LogP contribution in [0.5, 0.6) is 0 Å². The van der Waals surface area contributed by atoms with Crippen LogP contribution in [0.3, 0.4) is 0 Å². The van der Waals surface area contributed by atoms with Gasteiger partial charge in [0.25, 0.3) is 0 Å². The predicted molar refractivity (Wildman–Crippen MR) is 101 cm³/mol. The molecule has 9 heteroatoms. The van der Waals surface area contributed by atoms with Crippen molar-refractivity contribution in [3.63, 3.8) is 0 Å². The van der Waals surface area contributed by atoms with Crippen molar-refractivity contribution in [2.75, 3.05) is 20.7 Å². The van der Waals surface area contributed by atoms with Crippen LogP contribution in [-0.2, 0) is 24.4 Å². The van der Waals surface area contributed by atoms with Gasteiger partial charge in [-0.05, 0) is 18.1 Å². The zero-order valence-electron chi connectivity index (χ0n) is 15.5. The summed E-state index contributed by atoms with van der Waals surface area (Å²) in [6, 6.07) is 7.24. The molecule has 2 rings (SSSR count). The molecule has 5 nitrogen and oxygen atoms in total. The van der Waals surface area contributed by atoms with Gasteiger partial charge in [-0.25, -0.2) is 4.98 Å². The molecule has 0 aliphatic rings. The maximum absolute atomic E-state index is 12.1. The fourth-order valence-corrected chi connectivity index (χ4v) is 3.01. The maximum atomic E-state index is 12.1. The summed E-state index contributed by atoms with van der Waals surface area (Å²) in [5, 5.41) is 6.32. The second kappa shape index (κ2) is 9.70. The summed E-state index contributed by atoms with van der Waals surface area (Å²) in [5.41, 5.74) is 2.68. The smallest absolute Gasteiger partial charge is 0.367 e. The molecule has 0 aliphatic carbocycles. The lowest BCUT2D eigenvalue weighted by molar-refractivity contribution is -0.176. The number of aromatic nitrogens is 1. The quantitative estimate of drug-likeness (QED) is 0.568. The Balaban J connectivity index is 1.81. The first-order valence-electron chi connectivity index (χ1n) is 8.32. The molecule has 2 aromatic rings. The number of alkyl halides is 3. The van der Waals surface area contributed by atoms with E-state index >= 15 is 0 Å². The highest BCUT2D eigenvalue weighted by atomic mass is 32.1. The Labute approximate surface area is 160 Å². The lowest BCUT2D eigenvalue weighted by Gasteiger charge is -2.21. The van der Waals surface area contributed by atoms with Crippen LogP contribution in [0.25, 0.3) is 0 Å². The third kappa shape index (κ3) is 7.56. The number of nitrogens with one attached hydrogen (secondary N) is 1. The standard InChI is InChI=1S/C18H23F3N4OS/c1-13-24-16(11-27-13)9-25(3)17(22-2)23-8-14-4-6-15(7-5-14)10-26-12-18(19,20)21/h4-7,11H,8-10,12H2,1-3H3,(H,22,23). The van der Waals surface area contributed by atoms with Gasteiger partial charge in [0.05, 0.1) is 23.9 Å². The van der Waals surface area contributed by atoms with E-state index in [9.17, 15) is 13.2 Å². The number of nitrogens with zero attached hydrogens (tertiary/aromatic N) is 3. The van der Waals surface area contributed by atoms with Crippen LogP contribution in [0, 0.1) is 6.92 Å². The van der Waals surface area contributed by atoms with Crippen molar-refractivity contribution in [3.05, 3.63) is 51.5 Å². The zero-order valence-corrected chi connectivity index (χ0v) is 16.3. The average Bonchev–Trinajstić information content (AvgIpc) is 3.00. The van der Waals surface area contributed by atoms with Crippen LogP contribution in [0.4, 0.5) is 13.2 Å². The third-order valence-electron chi connectivity index (χ3n) is 3.65. The summed E-state index contributed by atoms with van der Waals surface area (Å²) in [4.78, 5) is 10.7. The molecule has 0 amide bonds.